The molecule has 0 spiro atoms. The van der Waals surface area contributed by atoms with Gasteiger partial charge in [0.05, 0.1) is 25.0 Å². The van der Waals surface area contributed by atoms with Crippen molar-refractivity contribution in [3.05, 3.63) is 89.1 Å². The SMILES string of the molecule is CCN1C(=O)c2nc(-c3ccc(-c4ccc5c(c4)NC(=O)C5)cc3)n(Cc3ccc(F)c(F)c3)c2N2CC(C)(C)N=C12. The molecule has 212 valence electrons. The lowest BCUT2D eigenvalue weighted by molar-refractivity contribution is -0.115. The van der Waals surface area contributed by atoms with E-state index >= 15 is 0 Å². The summed E-state index contributed by atoms with van der Waals surface area (Å²) < 4.78 is 29.9. The Bertz CT molecular complexity index is 1830. The Labute approximate surface area is 241 Å². The van der Waals surface area contributed by atoms with Gasteiger partial charge in [-0.3, -0.25) is 19.4 Å². The summed E-state index contributed by atoms with van der Waals surface area (Å²) in [4.78, 5) is 38.9. The van der Waals surface area contributed by atoms with Crippen molar-refractivity contribution in [1.82, 2.24) is 14.5 Å². The third-order valence-corrected chi connectivity index (χ3v) is 7.93. The van der Waals surface area contributed by atoms with Gasteiger partial charge in [-0.05, 0) is 61.2 Å². The molecule has 2 amide bonds. The standard InChI is InChI=1S/C32H28F2N6O2/c1-4-38-30(42)27-29(40-17-32(2,3)37-31(38)40)39(16-18-5-12-23(33)24(34)13-18)28(36-27)20-8-6-19(7-9-20)21-10-11-22-15-26(41)35-25(22)14-21/h5-14H,4,15-17H2,1-3H3,(H,35,41). The number of benzene rings is 3. The second kappa shape index (κ2) is 9.34. The van der Waals surface area contributed by atoms with Crippen molar-refractivity contribution >= 4 is 29.3 Å². The quantitative estimate of drug-likeness (QED) is 0.348. The summed E-state index contributed by atoms with van der Waals surface area (Å²) in [6.45, 7) is 7.07. The van der Waals surface area contributed by atoms with E-state index in [2.05, 4.69) is 5.32 Å². The molecule has 0 aliphatic carbocycles. The van der Waals surface area contributed by atoms with E-state index in [4.69, 9.17) is 9.98 Å². The van der Waals surface area contributed by atoms with Crippen molar-refractivity contribution in [2.45, 2.75) is 39.3 Å². The summed E-state index contributed by atoms with van der Waals surface area (Å²) in [5.74, 6) is -0.423. The number of anilines is 2. The molecule has 1 N–H and O–H groups in total. The molecule has 10 heteroatoms. The summed E-state index contributed by atoms with van der Waals surface area (Å²) in [5, 5.41) is 2.89. The second-order valence-electron chi connectivity index (χ2n) is 11.5. The van der Waals surface area contributed by atoms with Gasteiger partial charge in [-0.2, -0.15) is 0 Å². The number of nitrogens with zero attached hydrogens (tertiary/aromatic N) is 5. The summed E-state index contributed by atoms with van der Waals surface area (Å²) in [6, 6.07) is 17.5. The molecule has 1 aromatic heterocycles. The van der Waals surface area contributed by atoms with Crippen LogP contribution in [0, 0.1) is 11.6 Å². The van der Waals surface area contributed by atoms with Crippen LogP contribution in [0.4, 0.5) is 20.3 Å². The minimum atomic E-state index is -0.935. The van der Waals surface area contributed by atoms with Crippen LogP contribution in [0.25, 0.3) is 22.5 Å². The van der Waals surface area contributed by atoms with Crippen molar-refractivity contribution in [3.63, 3.8) is 0 Å². The van der Waals surface area contributed by atoms with E-state index in [1.54, 1.807) is 4.90 Å². The second-order valence-corrected chi connectivity index (χ2v) is 11.5. The highest BCUT2D eigenvalue weighted by molar-refractivity contribution is 6.18. The number of hydrogen-bond acceptors (Lipinski definition) is 5. The number of rotatable bonds is 5. The number of fused-ring (bicyclic) bond motifs is 4. The third kappa shape index (κ3) is 4.17. The summed E-state index contributed by atoms with van der Waals surface area (Å²) >= 11 is 0. The highest BCUT2D eigenvalue weighted by atomic mass is 19.2. The smallest absolute Gasteiger partial charge is 0.283 e. The van der Waals surface area contributed by atoms with Gasteiger partial charge in [-0.25, -0.2) is 18.8 Å². The fraction of sp³-hybridized carbons (Fsp3) is 0.250. The maximum atomic E-state index is 14.2. The van der Waals surface area contributed by atoms with Crippen LogP contribution in [-0.2, 0) is 17.8 Å². The number of imidazole rings is 1. The first-order chi connectivity index (χ1) is 20.1. The lowest BCUT2D eigenvalue weighted by Crippen LogP contribution is -2.51. The molecule has 3 aliphatic heterocycles. The van der Waals surface area contributed by atoms with Gasteiger partial charge in [0, 0.05) is 17.8 Å². The molecule has 0 fully saturated rings. The van der Waals surface area contributed by atoms with Crippen molar-refractivity contribution < 1.29 is 18.4 Å². The number of carbonyl (C=O) groups excluding carboxylic acids is 2. The van der Waals surface area contributed by atoms with Crippen LogP contribution in [0.5, 0.6) is 0 Å². The summed E-state index contributed by atoms with van der Waals surface area (Å²) in [5.41, 5.74) is 4.87. The van der Waals surface area contributed by atoms with E-state index in [0.717, 1.165) is 34.0 Å². The molecule has 3 aliphatic rings. The van der Waals surface area contributed by atoms with Crippen molar-refractivity contribution in [2.24, 2.45) is 4.99 Å². The number of halogens is 2. The van der Waals surface area contributed by atoms with Crippen LogP contribution < -0.4 is 10.2 Å². The first kappa shape index (κ1) is 26.1. The Morgan fingerprint density at radius 3 is 2.40 bits per heavy atom. The van der Waals surface area contributed by atoms with Crippen LogP contribution in [0.2, 0.25) is 0 Å². The van der Waals surface area contributed by atoms with Crippen LogP contribution in [-0.4, -0.2) is 50.9 Å². The van der Waals surface area contributed by atoms with Gasteiger partial charge in [-0.15, -0.1) is 0 Å². The molecular weight excluding hydrogens is 538 g/mol. The fourth-order valence-electron chi connectivity index (χ4n) is 5.96. The molecule has 42 heavy (non-hydrogen) atoms. The number of nitrogens with one attached hydrogen (secondary N) is 1. The molecule has 4 heterocycles. The van der Waals surface area contributed by atoms with Crippen molar-refractivity contribution in [2.75, 3.05) is 23.3 Å². The van der Waals surface area contributed by atoms with Gasteiger partial charge >= 0.3 is 0 Å². The predicted octanol–water partition coefficient (Wildman–Crippen LogP) is 5.47. The third-order valence-electron chi connectivity index (χ3n) is 7.93. The Balaban J connectivity index is 1.34. The minimum Gasteiger partial charge on any atom is -0.326 e. The average molecular weight is 567 g/mol. The molecule has 4 aromatic rings. The number of amides is 2. The van der Waals surface area contributed by atoms with E-state index in [-0.39, 0.29) is 18.4 Å². The van der Waals surface area contributed by atoms with E-state index in [0.29, 0.717) is 48.4 Å². The first-order valence-corrected chi connectivity index (χ1v) is 13.9. The Morgan fingerprint density at radius 1 is 0.929 bits per heavy atom. The van der Waals surface area contributed by atoms with Crippen LogP contribution in [0.15, 0.2) is 65.7 Å². The van der Waals surface area contributed by atoms with Gasteiger partial charge in [0.15, 0.2) is 17.3 Å². The van der Waals surface area contributed by atoms with E-state index in [9.17, 15) is 18.4 Å². The molecule has 7 rings (SSSR count). The van der Waals surface area contributed by atoms with Gasteiger partial charge in [-0.1, -0.05) is 42.5 Å². The summed E-state index contributed by atoms with van der Waals surface area (Å²) in [7, 11) is 0. The molecular formula is C32H28F2N6O2. The zero-order valence-corrected chi connectivity index (χ0v) is 23.4. The normalized spacial score (nSPS) is 16.7. The largest absolute Gasteiger partial charge is 0.326 e. The number of hydrogen-bond donors (Lipinski definition) is 1. The zero-order chi connectivity index (χ0) is 29.3. The van der Waals surface area contributed by atoms with E-state index in [1.165, 1.54) is 12.1 Å². The Morgan fingerprint density at radius 2 is 1.67 bits per heavy atom. The Hall–Kier alpha value is -4.86. The average Bonchev–Trinajstić information content (AvgIpc) is 3.62. The van der Waals surface area contributed by atoms with Crippen LogP contribution >= 0.6 is 0 Å². The van der Waals surface area contributed by atoms with Crippen LogP contribution in [0.1, 0.15) is 42.4 Å². The first-order valence-electron chi connectivity index (χ1n) is 13.9. The van der Waals surface area contributed by atoms with E-state index < -0.39 is 17.2 Å². The maximum absolute atomic E-state index is 14.2. The highest BCUT2D eigenvalue weighted by Crippen LogP contribution is 2.39. The molecule has 0 unspecified atom stereocenters. The number of aromatic nitrogens is 2. The fourth-order valence-corrected chi connectivity index (χ4v) is 5.96. The van der Waals surface area contributed by atoms with E-state index in [1.807, 2.05) is 72.7 Å². The molecule has 0 saturated carbocycles. The van der Waals surface area contributed by atoms with Gasteiger partial charge < -0.3 is 9.88 Å². The molecule has 0 saturated heterocycles. The highest BCUT2D eigenvalue weighted by Gasteiger charge is 2.45. The predicted molar refractivity (Wildman–Crippen MR) is 156 cm³/mol. The monoisotopic (exact) mass is 566 g/mol. The lowest BCUT2D eigenvalue weighted by atomic mass is 10.0. The molecule has 0 radical (unpaired) electrons. The molecule has 3 aromatic carbocycles. The van der Waals surface area contributed by atoms with Gasteiger partial charge in [0.1, 0.15) is 11.6 Å². The number of aliphatic imine (C=N–C) groups is 1. The Kier molecular flexibility index (Phi) is 5.79. The van der Waals surface area contributed by atoms with Gasteiger partial charge in [0.2, 0.25) is 11.9 Å². The maximum Gasteiger partial charge on any atom is 0.283 e. The van der Waals surface area contributed by atoms with Crippen molar-refractivity contribution in [3.8, 4) is 22.5 Å². The topological polar surface area (TPSA) is 82.8 Å². The molecule has 8 nitrogen and oxygen atoms in total. The minimum absolute atomic E-state index is 0.0138. The summed E-state index contributed by atoms with van der Waals surface area (Å²) in [6.07, 6.45) is 0.384. The molecule has 0 bridgehead atoms. The number of carbonyl (C=O) groups is 2. The van der Waals surface area contributed by atoms with Gasteiger partial charge in [0.25, 0.3) is 5.91 Å². The number of guanidine groups is 1. The molecule has 0 atom stereocenters. The van der Waals surface area contributed by atoms with Crippen molar-refractivity contribution in [1.29, 1.82) is 0 Å². The van der Waals surface area contributed by atoms with Crippen LogP contribution in [0.3, 0.4) is 0 Å². The lowest BCUT2D eigenvalue weighted by Gasteiger charge is -2.34. The zero-order valence-electron chi connectivity index (χ0n) is 23.4.